The number of hydrogen-bond donors (Lipinski definition) is 2. The molecule has 0 saturated heterocycles. The normalized spacial score (nSPS) is 23.9. The molecule has 1 heterocycles. The molecule has 0 bridgehead atoms. The van der Waals surface area contributed by atoms with E-state index in [4.69, 9.17) is 0 Å². The first-order chi connectivity index (χ1) is 9.46. The van der Waals surface area contributed by atoms with Crippen LogP contribution in [0.1, 0.15) is 36.1 Å². The summed E-state index contributed by atoms with van der Waals surface area (Å²) in [6, 6.07) is 1.68. The van der Waals surface area contributed by atoms with Crippen molar-refractivity contribution in [3.05, 3.63) is 16.5 Å². The SMILES string of the molecule is CSC1CCCC(NS(=O)(=O)c2cc(C)c(CO)s2)C1. The molecule has 1 aromatic rings. The number of thioether (sulfide) groups is 1. The Bertz CT molecular complexity index is 553. The van der Waals surface area contributed by atoms with Gasteiger partial charge in [-0.2, -0.15) is 11.8 Å². The third-order valence-electron chi connectivity index (χ3n) is 3.69. The van der Waals surface area contributed by atoms with E-state index >= 15 is 0 Å². The Labute approximate surface area is 129 Å². The maximum atomic E-state index is 12.4. The minimum absolute atomic E-state index is 0.0335. The van der Waals surface area contributed by atoms with Crippen LogP contribution in [0.4, 0.5) is 0 Å². The number of rotatable bonds is 5. The number of thiophene rings is 1. The van der Waals surface area contributed by atoms with E-state index in [9.17, 15) is 13.5 Å². The molecule has 1 aliphatic rings. The Morgan fingerprint density at radius 2 is 2.25 bits per heavy atom. The van der Waals surface area contributed by atoms with Gasteiger partial charge in [-0.25, -0.2) is 13.1 Å². The molecule has 2 rings (SSSR count). The second-order valence-corrected chi connectivity index (χ2v) is 9.39. The first kappa shape index (κ1) is 16.3. The Balaban J connectivity index is 2.10. The van der Waals surface area contributed by atoms with Crippen molar-refractivity contribution in [2.45, 2.75) is 54.7 Å². The fourth-order valence-corrected chi connectivity index (χ4v) is 6.10. The zero-order chi connectivity index (χ0) is 14.8. The van der Waals surface area contributed by atoms with Crippen molar-refractivity contribution >= 4 is 33.1 Å². The minimum atomic E-state index is -3.46. The molecule has 2 N–H and O–H groups in total. The molecule has 2 atom stereocenters. The van der Waals surface area contributed by atoms with Crippen molar-refractivity contribution in [1.29, 1.82) is 0 Å². The van der Waals surface area contributed by atoms with Gasteiger partial charge in [0, 0.05) is 16.2 Å². The van der Waals surface area contributed by atoms with Gasteiger partial charge in [0.05, 0.1) is 6.61 Å². The van der Waals surface area contributed by atoms with Crippen LogP contribution in [0.25, 0.3) is 0 Å². The number of aliphatic hydroxyl groups excluding tert-OH is 1. The van der Waals surface area contributed by atoms with Crippen LogP contribution in [0.5, 0.6) is 0 Å². The predicted molar refractivity (Wildman–Crippen MR) is 84.9 cm³/mol. The van der Waals surface area contributed by atoms with E-state index in [1.54, 1.807) is 6.07 Å². The maximum Gasteiger partial charge on any atom is 0.250 e. The highest BCUT2D eigenvalue weighted by molar-refractivity contribution is 7.99. The number of aliphatic hydroxyl groups is 1. The summed E-state index contributed by atoms with van der Waals surface area (Å²) in [6.45, 7) is 1.72. The third-order valence-corrected chi connectivity index (χ3v) is 8.00. The summed E-state index contributed by atoms with van der Waals surface area (Å²) in [6.07, 6.45) is 6.14. The molecular formula is C13H21NO3S3. The number of aryl methyl sites for hydroxylation is 1. The van der Waals surface area contributed by atoms with Crippen molar-refractivity contribution < 1.29 is 13.5 Å². The van der Waals surface area contributed by atoms with Crippen LogP contribution in [0.15, 0.2) is 10.3 Å². The van der Waals surface area contributed by atoms with E-state index in [2.05, 4.69) is 11.0 Å². The highest BCUT2D eigenvalue weighted by atomic mass is 32.2. The van der Waals surface area contributed by atoms with Gasteiger partial charge in [-0.3, -0.25) is 0 Å². The van der Waals surface area contributed by atoms with Crippen LogP contribution < -0.4 is 4.72 Å². The standard InChI is InChI=1S/C13H21NO3S3/c1-9-6-13(19-12(9)8-15)20(16,17)14-10-4-3-5-11(7-10)18-2/h6,10-11,14-15H,3-5,7-8H2,1-2H3. The molecule has 4 nitrogen and oxygen atoms in total. The van der Waals surface area contributed by atoms with Gasteiger partial charge >= 0.3 is 0 Å². The van der Waals surface area contributed by atoms with E-state index < -0.39 is 10.0 Å². The minimum Gasteiger partial charge on any atom is -0.391 e. The van der Waals surface area contributed by atoms with Crippen LogP contribution in [-0.2, 0) is 16.6 Å². The molecule has 0 aliphatic heterocycles. The quantitative estimate of drug-likeness (QED) is 0.868. The lowest BCUT2D eigenvalue weighted by molar-refractivity contribution is 0.285. The second-order valence-electron chi connectivity index (χ2n) is 5.17. The molecule has 0 radical (unpaired) electrons. The summed E-state index contributed by atoms with van der Waals surface area (Å²) in [5.74, 6) is 0. The van der Waals surface area contributed by atoms with Crippen LogP contribution in [0.3, 0.4) is 0 Å². The first-order valence-corrected chi connectivity index (χ1v) is 10.3. The van der Waals surface area contributed by atoms with Gasteiger partial charge in [-0.1, -0.05) is 6.42 Å². The van der Waals surface area contributed by atoms with Crippen molar-refractivity contribution in [3.8, 4) is 0 Å². The molecule has 1 fully saturated rings. The summed E-state index contributed by atoms with van der Waals surface area (Å²) >= 11 is 2.97. The topological polar surface area (TPSA) is 66.4 Å². The van der Waals surface area contributed by atoms with E-state index in [0.717, 1.165) is 41.0 Å². The lowest BCUT2D eigenvalue weighted by Crippen LogP contribution is -2.38. The average molecular weight is 336 g/mol. The van der Waals surface area contributed by atoms with E-state index in [1.807, 2.05) is 18.7 Å². The zero-order valence-electron chi connectivity index (χ0n) is 11.8. The van der Waals surface area contributed by atoms with Gasteiger partial charge in [0.2, 0.25) is 10.0 Å². The molecule has 1 saturated carbocycles. The highest BCUT2D eigenvalue weighted by Gasteiger charge is 2.27. The zero-order valence-corrected chi connectivity index (χ0v) is 14.2. The van der Waals surface area contributed by atoms with Crippen LogP contribution in [-0.4, -0.2) is 31.1 Å². The molecule has 0 spiro atoms. The first-order valence-electron chi connectivity index (χ1n) is 6.71. The molecule has 1 aliphatic carbocycles. The van der Waals surface area contributed by atoms with Crippen LogP contribution in [0, 0.1) is 6.92 Å². The van der Waals surface area contributed by atoms with E-state index in [1.165, 1.54) is 6.42 Å². The lowest BCUT2D eigenvalue weighted by Gasteiger charge is -2.28. The smallest absolute Gasteiger partial charge is 0.250 e. The Hall–Kier alpha value is -0.0800. The van der Waals surface area contributed by atoms with Crippen LogP contribution in [0.2, 0.25) is 0 Å². The summed E-state index contributed by atoms with van der Waals surface area (Å²) in [5.41, 5.74) is 0.837. The number of nitrogens with one attached hydrogen (secondary N) is 1. The van der Waals surface area contributed by atoms with Crippen molar-refractivity contribution in [2.75, 3.05) is 6.26 Å². The number of sulfonamides is 1. The second kappa shape index (κ2) is 6.79. The fraction of sp³-hybridized carbons (Fsp3) is 0.692. The van der Waals surface area contributed by atoms with Gasteiger partial charge in [0.15, 0.2) is 0 Å². The Morgan fingerprint density at radius 1 is 1.50 bits per heavy atom. The van der Waals surface area contributed by atoms with Gasteiger partial charge in [-0.15, -0.1) is 11.3 Å². The molecule has 114 valence electrons. The van der Waals surface area contributed by atoms with E-state index in [0.29, 0.717) is 9.46 Å². The maximum absolute atomic E-state index is 12.4. The largest absolute Gasteiger partial charge is 0.391 e. The fourth-order valence-electron chi connectivity index (χ4n) is 2.52. The lowest BCUT2D eigenvalue weighted by atomic mass is 9.96. The highest BCUT2D eigenvalue weighted by Crippen LogP contribution is 2.30. The third kappa shape index (κ3) is 3.76. The van der Waals surface area contributed by atoms with Crippen molar-refractivity contribution in [1.82, 2.24) is 4.72 Å². The van der Waals surface area contributed by atoms with E-state index in [-0.39, 0.29) is 12.6 Å². The molecule has 0 amide bonds. The van der Waals surface area contributed by atoms with Gasteiger partial charge < -0.3 is 5.11 Å². The Morgan fingerprint density at radius 3 is 2.85 bits per heavy atom. The molecular weight excluding hydrogens is 314 g/mol. The molecule has 1 aromatic heterocycles. The summed E-state index contributed by atoms with van der Waals surface area (Å²) in [7, 11) is -3.46. The van der Waals surface area contributed by atoms with Gasteiger partial charge in [0.1, 0.15) is 4.21 Å². The van der Waals surface area contributed by atoms with Gasteiger partial charge in [0.25, 0.3) is 0 Å². The van der Waals surface area contributed by atoms with Gasteiger partial charge in [-0.05, 0) is 44.1 Å². The molecule has 20 heavy (non-hydrogen) atoms. The molecule has 0 aromatic carbocycles. The van der Waals surface area contributed by atoms with Crippen molar-refractivity contribution in [2.24, 2.45) is 0 Å². The predicted octanol–water partition coefficient (Wildman–Crippen LogP) is 2.50. The molecule has 2 unspecified atom stereocenters. The number of hydrogen-bond acceptors (Lipinski definition) is 5. The average Bonchev–Trinajstić information content (AvgIpc) is 2.80. The monoisotopic (exact) mass is 335 g/mol. The van der Waals surface area contributed by atoms with Crippen LogP contribution >= 0.6 is 23.1 Å². The summed E-state index contributed by atoms with van der Waals surface area (Å²) in [4.78, 5) is 0.719. The Kier molecular flexibility index (Phi) is 5.53. The van der Waals surface area contributed by atoms with Crippen molar-refractivity contribution in [3.63, 3.8) is 0 Å². The summed E-state index contributed by atoms with van der Waals surface area (Å²) in [5, 5.41) is 9.73. The molecule has 7 heteroatoms. The summed E-state index contributed by atoms with van der Waals surface area (Å²) < 4.78 is 27.9.